The third-order valence-electron chi connectivity index (χ3n) is 2.31. The third-order valence-corrected chi connectivity index (χ3v) is 2.31. The second kappa shape index (κ2) is 6.28. The first kappa shape index (κ1) is 18.6. The molecule has 17 heavy (non-hydrogen) atoms. The lowest BCUT2D eigenvalue weighted by atomic mass is 9.76. The van der Waals surface area contributed by atoms with Gasteiger partial charge in [0.1, 0.15) is 0 Å². The van der Waals surface area contributed by atoms with Crippen LogP contribution in [0.5, 0.6) is 0 Å². The highest BCUT2D eigenvalue weighted by Gasteiger charge is 2.38. The normalized spacial score (nSPS) is 13.4. The molecular weight excluding hydrogens is 238 g/mol. The zero-order valence-electron chi connectivity index (χ0n) is 11.8. The molecule has 1 N–H and O–H groups in total. The van der Waals surface area contributed by atoms with Gasteiger partial charge in [-0.25, -0.2) is 4.79 Å². The van der Waals surface area contributed by atoms with Crippen molar-refractivity contribution in [3.05, 3.63) is 0 Å². The maximum atomic E-state index is 12.2. The van der Waals surface area contributed by atoms with Crippen molar-refractivity contribution < 1.29 is 14.3 Å². The van der Waals surface area contributed by atoms with E-state index in [1.807, 2.05) is 41.5 Å². The summed E-state index contributed by atoms with van der Waals surface area (Å²) in [6.45, 7) is 11.3. The largest absolute Gasteiger partial charge is 0.453 e. The zero-order valence-corrected chi connectivity index (χ0v) is 12.8. The average Bonchev–Trinajstić information content (AvgIpc) is 2.09. The lowest BCUT2D eigenvalue weighted by Crippen LogP contribution is -2.52. The van der Waals surface area contributed by atoms with E-state index in [-0.39, 0.29) is 24.7 Å². The summed E-state index contributed by atoms with van der Waals surface area (Å²) in [6, 6.07) is -0.542. The lowest BCUT2D eigenvalue weighted by Gasteiger charge is -2.34. The number of carbonyl (C=O) groups is 2. The molecular formula is C12H25NO3S. The summed E-state index contributed by atoms with van der Waals surface area (Å²) in [5, 5.41) is 2.60. The van der Waals surface area contributed by atoms with Gasteiger partial charge in [0.25, 0.3) is 0 Å². The van der Waals surface area contributed by atoms with Gasteiger partial charge < -0.3 is 10.1 Å². The van der Waals surface area contributed by atoms with Gasteiger partial charge in [0.05, 0.1) is 13.2 Å². The number of alkyl carbamates (subject to hydrolysis) is 1. The molecule has 0 fully saturated rings. The van der Waals surface area contributed by atoms with E-state index in [4.69, 9.17) is 0 Å². The lowest BCUT2D eigenvalue weighted by molar-refractivity contribution is -0.130. The average molecular weight is 263 g/mol. The molecule has 102 valence electrons. The van der Waals surface area contributed by atoms with E-state index in [0.717, 1.165) is 0 Å². The predicted octanol–water partition coefficient (Wildman–Crippen LogP) is 2.49. The first-order valence-electron chi connectivity index (χ1n) is 5.39. The minimum atomic E-state index is -0.572. The first-order valence-corrected chi connectivity index (χ1v) is 5.39. The number of carbonyl (C=O) groups excluding carboxylic acids is 2. The summed E-state index contributed by atoms with van der Waals surface area (Å²) in [7, 11) is 1.29. The standard InChI is InChI=1S/C12H23NO3.H2S/c1-11(2,3)8(13-10(15)16-7)9(14)12(4,5)6;/h8H,1-7H3,(H,13,15);1H2/t8-;/m1./s1. The second-order valence-electron chi connectivity index (χ2n) is 6.05. The van der Waals surface area contributed by atoms with Crippen LogP contribution in [0, 0.1) is 10.8 Å². The molecule has 0 bridgehead atoms. The van der Waals surface area contributed by atoms with Crippen LogP contribution in [0.15, 0.2) is 0 Å². The Labute approximate surface area is 111 Å². The van der Waals surface area contributed by atoms with Crippen molar-refractivity contribution in [2.75, 3.05) is 7.11 Å². The van der Waals surface area contributed by atoms with Crippen LogP contribution >= 0.6 is 13.5 Å². The molecule has 0 aromatic rings. The SMILES string of the molecule is COC(=O)N[C@H](C(=O)C(C)(C)C)C(C)(C)C.S. The molecule has 4 nitrogen and oxygen atoms in total. The Bertz CT molecular complexity index is 276. The van der Waals surface area contributed by atoms with Gasteiger partial charge in [-0.3, -0.25) is 4.79 Å². The summed E-state index contributed by atoms with van der Waals surface area (Å²) in [4.78, 5) is 23.4. The highest BCUT2D eigenvalue weighted by molar-refractivity contribution is 7.59. The Balaban J connectivity index is 0. The molecule has 1 atom stereocenters. The van der Waals surface area contributed by atoms with Crippen LogP contribution < -0.4 is 5.32 Å². The number of rotatable bonds is 2. The van der Waals surface area contributed by atoms with E-state index in [1.54, 1.807) is 0 Å². The molecule has 0 aromatic heterocycles. The fourth-order valence-electron chi connectivity index (χ4n) is 1.29. The first-order chi connectivity index (χ1) is 7.00. The topological polar surface area (TPSA) is 55.4 Å². The Morgan fingerprint density at radius 1 is 1.06 bits per heavy atom. The molecule has 0 spiro atoms. The molecule has 0 saturated carbocycles. The molecule has 0 aliphatic carbocycles. The number of ether oxygens (including phenoxy) is 1. The molecule has 0 saturated heterocycles. The van der Waals surface area contributed by atoms with E-state index >= 15 is 0 Å². The van der Waals surface area contributed by atoms with Crippen LogP contribution in [0.2, 0.25) is 0 Å². The second-order valence-corrected chi connectivity index (χ2v) is 6.05. The Morgan fingerprint density at radius 2 is 1.47 bits per heavy atom. The number of ketones is 1. The quantitative estimate of drug-likeness (QED) is 0.832. The zero-order chi connectivity index (χ0) is 13.1. The number of hydrogen-bond acceptors (Lipinski definition) is 3. The maximum Gasteiger partial charge on any atom is 0.407 e. The summed E-state index contributed by atoms with van der Waals surface area (Å²) >= 11 is 0. The number of nitrogens with one attached hydrogen (secondary N) is 1. The van der Waals surface area contributed by atoms with Gasteiger partial charge in [0.2, 0.25) is 0 Å². The molecule has 0 aliphatic rings. The Hall–Kier alpha value is -0.710. The monoisotopic (exact) mass is 263 g/mol. The van der Waals surface area contributed by atoms with Crippen molar-refractivity contribution in [1.29, 1.82) is 0 Å². The smallest absolute Gasteiger partial charge is 0.407 e. The maximum absolute atomic E-state index is 12.2. The van der Waals surface area contributed by atoms with Crippen LogP contribution in [0.3, 0.4) is 0 Å². The molecule has 0 rings (SSSR count). The molecule has 0 heterocycles. The third kappa shape index (κ3) is 5.96. The molecule has 5 heteroatoms. The van der Waals surface area contributed by atoms with Crippen LogP contribution in [0.25, 0.3) is 0 Å². The van der Waals surface area contributed by atoms with Gasteiger partial charge in [-0.05, 0) is 5.41 Å². The Kier molecular flexibility index (Phi) is 6.89. The number of methoxy groups -OCH3 is 1. The molecule has 0 aliphatic heterocycles. The van der Waals surface area contributed by atoms with Gasteiger partial charge in [-0.2, -0.15) is 13.5 Å². The van der Waals surface area contributed by atoms with Gasteiger partial charge in [0, 0.05) is 5.41 Å². The predicted molar refractivity (Wildman–Crippen MR) is 73.6 cm³/mol. The van der Waals surface area contributed by atoms with E-state index in [0.29, 0.717) is 0 Å². The van der Waals surface area contributed by atoms with E-state index in [1.165, 1.54) is 7.11 Å². The Morgan fingerprint density at radius 3 is 1.71 bits per heavy atom. The fraction of sp³-hybridized carbons (Fsp3) is 0.833. The number of Topliss-reactive ketones (excluding diaryl/α,β-unsaturated/α-hetero) is 1. The van der Waals surface area contributed by atoms with Crippen LogP contribution in [-0.4, -0.2) is 25.0 Å². The van der Waals surface area contributed by atoms with Crippen molar-refractivity contribution in [1.82, 2.24) is 5.32 Å². The minimum absolute atomic E-state index is 0. The summed E-state index contributed by atoms with van der Waals surface area (Å²) in [5.74, 6) is 0.00500. The summed E-state index contributed by atoms with van der Waals surface area (Å²) in [6.07, 6.45) is -0.572. The highest BCUT2D eigenvalue weighted by Crippen LogP contribution is 2.27. The van der Waals surface area contributed by atoms with Crippen molar-refractivity contribution in [3.63, 3.8) is 0 Å². The van der Waals surface area contributed by atoms with Crippen molar-refractivity contribution in [3.8, 4) is 0 Å². The van der Waals surface area contributed by atoms with Crippen molar-refractivity contribution >= 4 is 25.4 Å². The van der Waals surface area contributed by atoms with Crippen LogP contribution in [-0.2, 0) is 9.53 Å². The van der Waals surface area contributed by atoms with E-state index in [9.17, 15) is 9.59 Å². The van der Waals surface area contributed by atoms with Gasteiger partial charge >= 0.3 is 6.09 Å². The van der Waals surface area contributed by atoms with Gasteiger partial charge in [-0.15, -0.1) is 0 Å². The molecule has 1 amide bonds. The minimum Gasteiger partial charge on any atom is -0.453 e. The molecule has 0 radical (unpaired) electrons. The number of hydrogen-bond donors (Lipinski definition) is 1. The van der Waals surface area contributed by atoms with Crippen molar-refractivity contribution in [2.24, 2.45) is 10.8 Å². The van der Waals surface area contributed by atoms with Gasteiger partial charge in [-0.1, -0.05) is 41.5 Å². The fourth-order valence-corrected chi connectivity index (χ4v) is 1.29. The van der Waals surface area contributed by atoms with Crippen LogP contribution in [0.1, 0.15) is 41.5 Å². The summed E-state index contributed by atoms with van der Waals surface area (Å²) in [5.41, 5.74) is -0.822. The van der Waals surface area contributed by atoms with E-state index < -0.39 is 17.6 Å². The summed E-state index contributed by atoms with van der Waals surface area (Å²) < 4.78 is 4.54. The molecule has 0 aromatic carbocycles. The van der Waals surface area contributed by atoms with Gasteiger partial charge in [0.15, 0.2) is 5.78 Å². The molecule has 0 unspecified atom stereocenters. The highest BCUT2D eigenvalue weighted by atomic mass is 32.1. The van der Waals surface area contributed by atoms with E-state index in [2.05, 4.69) is 10.1 Å². The van der Waals surface area contributed by atoms with Crippen LogP contribution in [0.4, 0.5) is 4.79 Å². The number of amides is 1. The van der Waals surface area contributed by atoms with Crippen molar-refractivity contribution in [2.45, 2.75) is 47.6 Å².